The van der Waals surface area contributed by atoms with E-state index in [1.165, 1.54) is 10.8 Å². The standard InChI is InChI=1S/C19H20N2O/c1-20-13-18(19(22)17-7-4-10-21-12-17)16-9-8-14-5-2-3-6-15(14)11-16/h2-12,18-20,22H,13H2,1H3/t18-,19-/m1/s1. The summed E-state index contributed by atoms with van der Waals surface area (Å²) in [5.74, 6) is -0.0150. The SMILES string of the molecule is CNC[C@H](c1ccc2ccccc2c1)[C@H](O)c1cccnc1. The Morgan fingerprint density at radius 1 is 1.00 bits per heavy atom. The normalized spacial score (nSPS) is 13.9. The molecule has 0 amide bonds. The molecular formula is C19H20N2O. The molecule has 0 aliphatic carbocycles. The third-order valence-corrected chi connectivity index (χ3v) is 4.03. The second kappa shape index (κ2) is 6.69. The lowest BCUT2D eigenvalue weighted by Crippen LogP contribution is -2.23. The lowest BCUT2D eigenvalue weighted by molar-refractivity contribution is 0.144. The molecule has 1 aromatic heterocycles. The van der Waals surface area contributed by atoms with Crippen molar-refractivity contribution in [2.24, 2.45) is 0 Å². The van der Waals surface area contributed by atoms with Gasteiger partial charge in [0, 0.05) is 24.9 Å². The largest absolute Gasteiger partial charge is 0.388 e. The molecule has 0 bridgehead atoms. The second-order valence-electron chi connectivity index (χ2n) is 5.50. The van der Waals surface area contributed by atoms with E-state index in [9.17, 15) is 5.11 Å². The van der Waals surface area contributed by atoms with Gasteiger partial charge in [-0.15, -0.1) is 0 Å². The summed E-state index contributed by atoms with van der Waals surface area (Å²) < 4.78 is 0. The van der Waals surface area contributed by atoms with Gasteiger partial charge in [-0.2, -0.15) is 0 Å². The molecule has 3 nitrogen and oxygen atoms in total. The van der Waals surface area contributed by atoms with Crippen LogP contribution in [0.25, 0.3) is 10.8 Å². The van der Waals surface area contributed by atoms with Crippen molar-refractivity contribution in [2.75, 3.05) is 13.6 Å². The van der Waals surface area contributed by atoms with Crippen LogP contribution in [0.3, 0.4) is 0 Å². The number of aromatic nitrogens is 1. The molecule has 3 aromatic rings. The molecular weight excluding hydrogens is 272 g/mol. The van der Waals surface area contributed by atoms with E-state index < -0.39 is 6.10 Å². The van der Waals surface area contributed by atoms with Crippen LogP contribution in [0.15, 0.2) is 67.0 Å². The van der Waals surface area contributed by atoms with E-state index in [4.69, 9.17) is 0 Å². The molecule has 2 aromatic carbocycles. The lowest BCUT2D eigenvalue weighted by atomic mass is 9.88. The van der Waals surface area contributed by atoms with Crippen molar-refractivity contribution >= 4 is 10.8 Å². The highest BCUT2D eigenvalue weighted by Crippen LogP contribution is 2.31. The molecule has 2 atom stereocenters. The highest BCUT2D eigenvalue weighted by atomic mass is 16.3. The first-order chi connectivity index (χ1) is 10.8. The van der Waals surface area contributed by atoms with Crippen LogP contribution in [0.2, 0.25) is 0 Å². The summed E-state index contributed by atoms with van der Waals surface area (Å²) in [5.41, 5.74) is 1.97. The summed E-state index contributed by atoms with van der Waals surface area (Å²) in [4.78, 5) is 4.11. The number of fused-ring (bicyclic) bond motifs is 1. The Labute approximate surface area is 130 Å². The maximum Gasteiger partial charge on any atom is 0.0885 e. The molecule has 0 aliphatic heterocycles. The highest BCUT2D eigenvalue weighted by molar-refractivity contribution is 5.83. The predicted molar refractivity (Wildman–Crippen MR) is 89.8 cm³/mol. The van der Waals surface area contributed by atoms with Crippen LogP contribution in [0, 0.1) is 0 Å². The van der Waals surface area contributed by atoms with Crippen LogP contribution in [0.1, 0.15) is 23.1 Å². The Morgan fingerprint density at radius 2 is 1.82 bits per heavy atom. The molecule has 0 radical (unpaired) electrons. The number of aliphatic hydroxyl groups excluding tert-OH is 1. The zero-order chi connectivity index (χ0) is 15.4. The summed E-state index contributed by atoms with van der Waals surface area (Å²) in [6.45, 7) is 0.703. The van der Waals surface area contributed by atoms with Gasteiger partial charge in [0.25, 0.3) is 0 Å². The maximum absolute atomic E-state index is 10.8. The van der Waals surface area contributed by atoms with Gasteiger partial charge in [-0.1, -0.05) is 48.5 Å². The topological polar surface area (TPSA) is 45.1 Å². The molecule has 3 heteroatoms. The Balaban J connectivity index is 1.98. The highest BCUT2D eigenvalue weighted by Gasteiger charge is 2.22. The van der Waals surface area contributed by atoms with Gasteiger partial charge in [-0.25, -0.2) is 0 Å². The average Bonchev–Trinajstić information content (AvgIpc) is 2.59. The first kappa shape index (κ1) is 14.7. The third kappa shape index (κ3) is 3.01. The molecule has 0 unspecified atom stereocenters. The number of rotatable bonds is 5. The summed E-state index contributed by atoms with van der Waals surface area (Å²) in [6.07, 6.45) is 2.87. The number of nitrogens with one attached hydrogen (secondary N) is 1. The van der Waals surface area contributed by atoms with Gasteiger partial charge < -0.3 is 10.4 Å². The fraction of sp³-hybridized carbons (Fsp3) is 0.211. The van der Waals surface area contributed by atoms with E-state index >= 15 is 0 Å². The Kier molecular flexibility index (Phi) is 4.47. The number of hydrogen-bond acceptors (Lipinski definition) is 3. The number of pyridine rings is 1. The van der Waals surface area contributed by atoms with Gasteiger partial charge in [0.1, 0.15) is 0 Å². The fourth-order valence-electron chi connectivity index (χ4n) is 2.85. The van der Waals surface area contributed by atoms with Crippen molar-refractivity contribution in [3.05, 3.63) is 78.1 Å². The summed E-state index contributed by atoms with van der Waals surface area (Å²) in [5, 5.41) is 16.3. The van der Waals surface area contributed by atoms with E-state index in [2.05, 4.69) is 40.6 Å². The summed E-state index contributed by atoms with van der Waals surface area (Å²) in [6, 6.07) is 18.4. The molecule has 22 heavy (non-hydrogen) atoms. The fourth-order valence-corrected chi connectivity index (χ4v) is 2.85. The van der Waals surface area contributed by atoms with E-state index in [0.29, 0.717) is 6.54 Å². The van der Waals surface area contributed by atoms with Crippen molar-refractivity contribution in [1.29, 1.82) is 0 Å². The minimum atomic E-state index is -0.581. The van der Waals surface area contributed by atoms with Crippen molar-refractivity contribution in [1.82, 2.24) is 10.3 Å². The Bertz CT molecular complexity index is 743. The minimum Gasteiger partial charge on any atom is -0.388 e. The van der Waals surface area contributed by atoms with Crippen molar-refractivity contribution < 1.29 is 5.11 Å². The Morgan fingerprint density at radius 3 is 2.55 bits per heavy atom. The maximum atomic E-state index is 10.8. The van der Waals surface area contributed by atoms with E-state index in [1.807, 2.05) is 31.3 Å². The van der Waals surface area contributed by atoms with Crippen LogP contribution in [0.4, 0.5) is 0 Å². The van der Waals surface area contributed by atoms with Gasteiger partial charge in [0.05, 0.1) is 6.10 Å². The van der Waals surface area contributed by atoms with Crippen molar-refractivity contribution in [3.63, 3.8) is 0 Å². The van der Waals surface area contributed by atoms with Gasteiger partial charge in [0.2, 0.25) is 0 Å². The monoisotopic (exact) mass is 292 g/mol. The molecule has 0 fully saturated rings. The quantitative estimate of drug-likeness (QED) is 0.758. The number of nitrogens with zero attached hydrogens (tertiary/aromatic N) is 1. The molecule has 0 saturated heterocycles. The first-order valence-electron chi connectivity index (χ1n) is 7.51. The first-order valence-corrected chi connectivity index (χ1v) is 7.51. The van der Waals surface area contributed by atoms with Gasteiger partial charge >= 0.3 is 0 Å². The zero-order valence-corrected chi connectivity index (χ0v) is 12.6. The minimum absolute atomic E-state index is 0.0150. The zero-order valence-electron chi connectivity index (χ0n) is 12.6. The number of benzene rings is 2. The third-order valence-electron chi connectivity index (χ3n) is 4.03. The molecule has 3 rings (SSSR count). The van der Waals surface area contributed by atoms with Crippen LogP contribution < -0.4 is 5.32 Å². The van der Waals surface area contributed by atoms with Crippen LogP contribution in [-0.2, 0) is 0 Å². The van der Waals surface area contributed by atoms with Gasteiger partial charge in [0.15, 0.2) is 0 Å². The second-order valence-corrected chi connectivity index (χ2v) is 5.50. The van der Waals surface area contributed by atoms with Crippen LogP contribution in [0.5, 0.6) is 0 Å². The number of aliphatic hydroxyl groups is 1. The summed E-state index contributed by atoms with van der Waals surface area (Å²) in [7, 11) is 1.91. The molecule has 1 heterocycles. The van der Waals surface area contributed by atoms with Gasteiger partial charge in [-0.3, -0.25) is 4.98 Å². The van der Waals surface area contributed by atoms with Gasteiger partial charge in [-0.05, 0) is 35.0 Å². The number of likely N-dealkylation sites (N-methyl/N-ethyl adjacent to an activating group) is 1. The van der Waals surface area contributed by atoms with Crippen LogP contribution >= 0.6 is 0 Å². The molecule has 2 N–H and O–H groups in total. The molecule has 0 aliphatic rings. The van der Waals surface area contributed by atoms with E-state index in [0.717, 1.165) is 11.1 Å². The molecule has 0 spiro atoms. The smallest absolute Gasteiger partial charge is 0.0885 e. The molecule has 0 saturated carbocycles. The van der Waals surface area contributed by atoms with E-state index in [-0.39, 0.29) is 5.92 Å². The van der Waals surface area contributed by atoms with E-state index in [1.54, 1.807) is 12.4 Å². The Hall–Kier alpha value is -2.23. The lowest BCUT2D eigenvalue weighted by Gasteiger charge is -2.23. The summed E-state index contributed by atoms with van der Waals surface area (Å²) >= 11 is 0. The van der Waals surface area contributed by atoms with Crippen molar-refractivity contribution in [3.8, 4) is 0 Å². The molecule has 112 valence electrons. The number of hydrogen-bond donors (Lipinski definition) is 2. The predicted octanol–water partition coefficient (Wildman–Crippen LogP) is 3.27. The van der Waals surface area contributed by atoms with Crippen LogP contribution in [-0.4, -0.2) is 23.7 Å². The van der Waals surface area contributed by atoms with Crippen molar-refractivity contribution in [2.45, 2.75) is 12.0 Å². The average molecular weight is 292 g/mol.